The van der Waals surface area contributed by atoms with Crippen LogP contribution in [0.2, 0.25) is 0 Å². The van der Waals surface area contributed by atoms with E-state index < -0.39 is 18.2 Å². The number of rotatable bonds is 2. The average Bonchev–Trinajstić information content (AvgIpc) is 2.30. The molecular weight excluding hydrogens is 216 g/mol. The molecule has 16 heavy (non-hydrogen) atoms. The van der Waals surface area contributed by atoms with Crippen molar-refractivity contribution in [3.8, 4) is 5.75 Å². The van der Waals surface area contributed by atoms with Gasteiger partial charge >= 0.3 is 0 Å². The zero-order valence-electron chi connectivity index (χ0n) is 8.91. The van der Waals surface area contributed by atoms with E-state index in [0.717, 1.165) is 6.07 Å². The van der Waals surface area contributed by atoms with Crippen molar-refractivity contribution < 1.29 is 18.3 Å². The predicted octanol–water partition coefficient (Wildman–Crippen LogP) is 2.57. The molecule has 5 heteroatoms. The summed E-state index contributed by atoms with van der Waals surface area (Å²) < 4.78 is 36.8. The molecule has 0 aliphatic carbocycles. The van der Waals surface area contributed by atoms with E-state index >= 15 is 0 Å². The van der Waals surface area contributed by atoms with E-state index in [-0.39, 0.29) is 11.3 Å². The topological polar surface area (TPSA) is 30.8 Å². The van der Waals surface area contributed by atoms with Crippen LogP contribution in [-0.4, -0.2) is 20.4 Å². The molecule has 0 saturated carbocycles. The van der Waals surface area contributed by atoms with Gasteiger partial charge in [0, 0.05) is 18.9 Å². The predicted molar refractivity (Wildman–Crippen MR) is 55.0 cm³/mol. The minimum atomic E-state index is -1.54. The second kappa shape index (κ2) is 4.17. The fourth-order valence-electron chi connectivity index (χ4n) is 1.70. The molecule has 1 aromatic carbocycles. The zero-order valence-corrected chi connectivity index (χ0v) is 8.91. The molecule has 0 fully saturated rings. The van der Waals surface area contributed by atoms with Gasteiger partial charge in [0.2, 0.25) is 6.30 Å². The summed E-state index contributed by atoms with van der Waals surface area (Å²) in [5.74, 6) is -0.529. The molecule has 2 unspecified atom stereocenters. The van der Waals surface area contributed by atoms with Crippen LogP contribution in [0.15, 0.2) is 17.1 Å². The van der Waals surface area contributed by atoms with Gasteiger partial charge in [0.1, 0.15) is 6.10 Å². The minimum absolute atomic E-state index is 0.0725. The maximum absolute atomic E-state index is 13.4. The highest BCUT2D eigenvalue weighted by molar-refractivity contribution is 5.70. The van der Waals surface area contributed by atoms with Crippen molar-refractivity contribution in [2.75, 3.05) is 14.2 Å². The van der Waals surface area contributed by atoms with E-state index in [1.165, 1.54) is 26.5 Å². The lowest BCUT2D eigenvalue weighted by atomic mass is 9.99. The molecular formula is C11H11F2NO2. The average molecular weight is 227 g/mol. The minimum Gasteiger partial charge on any atom is -0.494 e. The largest absolute Gasteiger partial charge is 0.494 e. The number of halogens is 2. The maximum atomic E-state index is 13.4. The smallest absolute Gasteiger partial charge is 0.215 e. The van der Waals surface area contributed by atoms with Crippen molar-refractivity contribution in [1.82, 2.24) is 0 Å². The molecule has 1 heterocycles. The van der Waals surface area contributed by atoms with Gasteiger partial charge in [-0.15, -0.1) is 0 Å². The lowest BCUT2D eigenvalue weighted by molar-refractivity contribution is 0.153. The number of benzene rings is 1. The third-order valence-electron chi connectivity index (χ3n) is 2.53. The van der Waals surface area contributed by atoms with Crippen LogP contribution in [0.25, 0.3) is 0 Å². The Labute approximate surface area is 91.7 Å². The molecule has 2 rings (SSSR count). The van der Waals surface area contributed by atoms with Crippen LogP contribution in [0.5, 0.6) is 5.75 Å². The number of ether oxygens (including phenoxy) is 2. The first-order valence-electron chi connectivity index (χ1n) is 4.75. The molecule has 1 aliphatic heterocycles. The van der Waals surface area contributed by atoms with Crippen molar-refractivity contribution in [2.45, 2.75) is 12.4 Å². The highest BCUT2D eigenvalue weighted by Crippen LogP contribution is 2.36. The second-order valence-corrected chi connectivity index (χ2v) is 3.41. The summed E-state index contributed by atoms with van der Waals surface area (Å²) in [4.78, 5) is 3.60. The molecule has 0 amide bonds. The van der Waals surface area contributed by atoms with Crippen molar-refractivity contribution in [1.29, 1.82) is 0 Å². The van der Waals surface area contributed by atoms with Crippen LogP contribution < -0.4 is 4.74 Å². The summed E-state index contributed by atoms with van der Waals surface area (Å²) in [6.07, 6.45) is -0.636. The molecule has 86 valence electrons. The summed E-state index contributed by atoms with van der Waals surface area (Å²) in [6, 6.07) is 2.54. The number of nitrogens with zero attached hydrogens (tertiary/aromatic N) is 1. The Morgan fingerprint density at radius 2 is 2.00 bits per heavy atom. The maximum Gasteiger partial charge on any atom is 0.215 e. The Morgan fingerprint density at radius 1 is 1.25 bits per heavy atom. The van der Waals surface area contributed by atoms with Crippen molar-refractivity contribution in [3.05, 3.63) is 29.1 Å². The number of hydrogen-bond acceptors (Lipinski definition) is 3. The third-order valence-corrected chi connectivity index (χ3v) is 2.53. The van der Waals surface area contributed by atoms with Gasteiger partial charge in [-0.25, -0.2) is 8.78 Å². The van der Waals surface area contributed by atoms with Crippen LogP contribution >= 0.6 is 0 Å². The van der Waals surface area contributed by atoms with E-state index in [2.05, 4.69) is 4.99 Å². The van der Waals surface area contributed by atoms with Gasteiger partial charge in [0.25, 0.3) is 0 Å². The molecule has 0 saturated heterocycles. The van der Waals surface area contributed by atoms with Gasteiger partial charge in [-0.3, -0.25) is 4.99 Å². The van der Waals surface area contributed by atoms with E-state index in [1.54, 1.807) is 0 Å². The van der Waals surface area contributed by atoms with Gasteiger partial charge in [0.15, 0.2) is 11.6 Å². The third kappa shape index (κ3) is 1.67. The highest BCUT2D eigenvalue weighted by Gasteiger charge is 2.25. The van der Waals surface area contributed by atoms with E-state index in [4.69, 9.17) is 9.47 Å². The first kappa shape index (κ1) is 11.0. The Bertz CT molecular complexity index is 434. The molecule has 3 nitrogen and oxygen atoms in total. The van der Waals surface area contributed by atoms with Crippen LogP contribution in [0.1, 0.15) is 23.5 Å². The number of hydrogen-bond donors (Lipinski definition) is 0. The van der Waals surface area contributed by atoms with E-state index in [9.17, 15) is 8.78 Å². The van der Waals surface area contributed by atoms with Gasteiger partial charge in [-0.1, -0.05) is 0 Å². The fraction of sp³-hybridized carbons (Fsp3) is 0.364. The molecule has 0 aromatic heterocycles. The Hall–Kier alpha value is -1.49. The number of methoxy groups -OCH3 is 2. The lowest BCUT2D eigenvalue weighted by Gasteiger charge is -2.22. The van der Waals surface area contributed by atoms with Crippen molar-refractivity contribution >= 4 is 6.21 Å². The normalized spacial score (nSPS) is 23.0. The first-order chi connectivity index (χ1) is 7.67. The molecule has 0 N–H and O–H groups in total. The first-order valence-corrected chi connectivity index (χ1v) is 4.75. The zero-order chi connectivity index (χ0) is 11.7. The fourth-order valence-corrected chi connectivity index (χ4v) is 1.70. The van der Waals surface area contributed by atoms with Gasteiger partial charge < -0.3 is 9.47 Å². The van der Waals surface area contributed by atoms with Gasteiger partial charge in [0.05, 0.1) is 7.11 Å². The molecule has 0 bridgehead atoms. The highest BCUT2D eigenvalue weighted by atomic mass is 19.1. The van der Waals surface area contributed by atoms with Crippen LogP contribution in [-0.2, 0) is 4.74 Å². The van der Waals surface area contributed by atoms with E-state index in [0.29, 0.717) is 5.56 Å². The molecule has 0 spiro atoms. The Balaban J connectivity index is 2.55. The quantitative estimate of drug-likeness (QED) is 0.727. The SMILES string of the molecule is COc1cc2c(cc1F)C(F)N=CC2OC. The molecule has 1 aromatic rings. The molecule has 0 radical (unpaired) electrons. The van der Waals surface area contributed by atoms with E-state index in [1.807, 2.05) is 0 Å². The monoisotopic (exact) mass is 227 g/mol. The summed E-state index contributed by atoms with van der Waals surface area (Å²) in [7, 11) is 2.84. The Kier molecular flexibility index (Phi) is 2.87. The van der Waals surface area contributed by atoms with Crippen molar-refractivity contribution in [2.24, 2.45) is 4.99 Å². The standard InChI is InChI=1S/C11H11F2NO2/c1-15-9-4-6-7(3-8(9)12)11(13)14-5-10(6)16-2/h3-5,10-11H,1-2H3. The number of alkyl halides is 1. The lowest BCUT2D eigenvalue weighted by Crippen LogP contribution is -2.13. The van der Waals surface area contributed by atoms with Gasteiger partial charge in [-0.2, -0.15) is 0 Å². The van der Waals surface area contributed by atoms with Crippen LogP contribution in [0.4, 0.5) is 8.78 Å². The van der Waals surface area contributed by atoms with Crippen molar-refractivity contribution in [3.63, 3.8) is 0 Å². The summed E-state index contributed by atoms with van der Waals surface area (Å²) in [5, 5.41) is 0. The van der Waals surface area contributed by atoms with Crippen LogP contribution in [0.3, 0.4) is 0 Å². The number of fused-ring (bicyclic) bond motifs is 1. The molecule has 1 aliphatic rings. The second-order valence-electron chi connectivity index (χ2n) is 3.41. The summed E-state index contributed by atoms with van der Waals surface area (Å²) in [6.45, 7) is 0. The number of aliphatic imine (C=N–C) groups is 1. The molecule has 2 atom stereocenters. The Morgan fingerprint density at radius 3 is 2.62 bits per heavy atom. The summed E-state index contributed by atoms with van der Waals surface area (Å²) >= 11 is 0. The summed E-state index contributed by atoms with van der Waals surface area (Å²) in [5.41, 5.74) is 0.732. The van der Waals surface area contributed by atoms with Gasteiger partial charge in [-0.05, 0) is 17.7 Å². The van der Waals surface area contributed by atoms with Crippen LogP contribution in [0, 0.1) is 5.82 Å².